The summed E-state index contributed by atoms with van der Waals surface area (Å²) in [6.45, 7) is 14.5. The zero-order chi connectivity index (χ0) is 33.8. The van der Waals surface area contributed by atoms with Crippen LogP contribution in [0.2, 0.25) is 0 Å². The van der Waals surface area contributed by atoms with Crippen molar-refractivity contribution in [3.05, 3.63) is 100 Å². The Morgan fingerprint density at radius 2 is 1.69 bits per heavy atom. The lowest BCUT2D eigenvalue weighted by Crippen LogP contribution is -2.50. The Morgan fingerprint density at radius 1 is 0.938 bits per heavy atom. The number of rotatable bonds is 7. The molecule has 9 nitrogen and oxygen atoms in total. The number of nitrogens with zero attached hydrogens (tertiary/aromatic N) is 6. The Balaban J connectivity index is 1.36. The van der Waals surface area contributed by atoms with E-state index in [1.54, 1.807) is 31.4 Å². The van der Waals surface area contributed by atoms with Crippen LogP contribution >= 0.6 is 0 Å². The number of benzene rings is 3. The minimum atomic E-state index is -3.93. The van der Waals surface area contributed by atoms with Gasteiger partial charge in [-0.15, -0.1) is 0 Å². The maximum atomic E-state index is 13.9. The maximum Gasteiger partial charge on any atom is 0.283 e. The van der Waals surface area contributed by atoms with Crippen molar-refractivity contribution in [3.63, 3.8) is 0 Å². The summed E-state index contributed by atoms with van der Waals surface area (Å²) in [6, 6.07) is 21.3. The van der Waals surface area contributed by atoms with Crippen LogP contribution in [0.15, 0.2) is 71.6 Å². The molecule has 0 bridgehead atoms. The van der Waals surface area contributed by atoms with Crippen molar-refractivity contribution in [1.82, 2.24) is 24.1 Å². The normalized spacial score (nSPS) is 18.3. The smallest absolute Gasteiger partial charge is 0.283 e. The summed E-state index contributed by atoms with van der Waals surface area (Å²) in [6.07, 6.45) is 1.88. The molecule has 250 valence electrons. The molecule has 4 heterocycles. The van der Waals surface area contributed by atoms with Crippen LogP contribution in [0.4, 0.5) is 5.82 Å². The average molecular weight is 665 g/mol. The summed E-state index contributed by atoms with van der Waals surface area (Å²) < 4.78 is 34.8. The fraction of sp³-hybridized carbons (Fsp3) is 0.395. The van der Waals surface area contributed by atoms with Crippen molar-refractivity contribution in [2.75, 3.05) is 31.6 Å². The van der Waals surface area contributed by atoms with Gasteiger partial charge in [-0.2, -0.15) is 17.6 Å². The molecule has 0 amide bonds. The summed E-state index contributed by atoms with van der Waals surface area (Å²) in [7, 11) is -2.12. The molecule has 1 saturated heterocycles. The van der Waals surface area contributed by atoms with Gasteiger partial charge in [-0.3, -0.25) is 4.90 Å². The van der Waals surface area contributed by atoms with E-state index in [1.807, 2.05) is 32.9 Å². The van der Waals surface area contributed by atoms with Gasteiger partial charge in [0.05, 0.1) is 27.9 Å². The second-order valence-electron chi connectivity index (χ2n) is 14.1. The van der Waals surface area contributed by atoms with Crippen molar-refractivity contribution in [2.45, 2.75) is 71.5 Å². The number of anilines is 1. The molecule has 2 aromatic heterocycles. The predicted molar refractivity (Wildman–Crippen MR) is 190 cm³/mol. The molecule has 0 radical (unpaired) electrons. The molecule has 1 unspecified atom stereocenters. The van der Waals surface area contributed by atoms with Crippen LogP contribution in [0, 0.1) is 26.2 Å². The highest BCUT2D eigenvalue weighted by Crippen LogP contribution is 2.40. The maximum absolute atomic E-state index is 13.9. The molecular weight excluding hydrogens is 621 g/mol. The largest absolute Gasteiger partial charge is 0.381 e. The summed E-state index contributed by atoms with van der Waals surface area (Å²) in [5.74, 6) is 1.58. The van der Waals surface area contributed by atoms with Crippen molar-refractivity contribution in [3.8, 4) is 11.4 Å². The first-order valence-corrected chi connectivity index (χ1v) is 18.2. The Hall–Kier alpha value is -4.12. The number of aromatic nitrogens is 4. The van der Waals surface area contributed by atoms with Gasteiger partial charge in [0.2, 0.25) is 0 Å². The lowest BCUT2D eigenvalue weighted by Gasteiger charge is -2.45. The van der Waals surface area contributed by atoms with Crippen LogP contribution in [0.25, 0.3) is 22.3 Å². The standard InChI is InChI=1S/C38H44N6O3S/c1-25-12-15-29(16-13-25)48(45,46)44-32-17-14-26(2)34(35(32)27(3)41-44)36-39-31-18-20-42(22-28-10-8-7-9-11-28)23-30(31)37(40-36)43-21-19-33(47-6)38(4,5)24-43/h7-17,33H,18-24H2,1-6H3. The molecule has 2 aliphatic rings. The zero-order valence-corrected chi connectivity index (χ0v) is 29.5. The highest BCUT2D eigenvalue weighted by atomic mass is 32.2. The molecule has 0 aliphatic carbocycles. The average Bonchev–Trinajstić information content (AvgIpc) is 3.41. The summed E-state index contributed by atoms with van der Waals surface area (Å²) >= 11 is 0. The van der Waals surface area contributed by atoms with E-state index in [9.17, 15) is 8.42 Å². The summed E-state index contributed by atoms with van der Waals surface area (Å²) in [5, 5.41) is 5.38. The summed E-state index contributed by atoms with van der Waals surface area (Å²) in [4.78, 5) is 15.8. The van der Waals surface area contributed by atoms with Gasteiger partial charge in [0.1, 0.15) is 5.82 Å². The van der Waals surface area contributed by atoms with Crippen molar-refractivity contribution in [2.24, 2.45) is 5.41 Å². The fourth-order valence-corrected chi connectivity index (χ4v) is 8.82. The highest BCUT2D eigenvalue weighted by Gasteiger charge is 2.38. The summed E-state index contributed by atoms with van der Waals surface area (Å²) in [5.41, 5.74) is 7.39. The van der Waals surface area contributed by atoms with Crippen LogP contribution in [-0.2, 0) is 34.3 Å². The molecule has 7 rings (SSSR count). The first-order chi connectivity index (χ1) is 23.0. The molecule has 1 fully saturated rings. The lowest BCUT2D eigenvalue weighted by molar-refractivity contribution is -0.00650. The third-order valence-electron chi connectivity index (χ3n) is 10.1. The van der Waals surface area contributed by atoms with Crippen LogP contribution in [-0.4, -0.2) is 65.3 Å². The second-order valence-corrected chi connectivity index (χ2v) is 15.8. The van der Waals surface area contributed by atoms with E-state index in [0.29, 0.717) is 17.0 Å². The van der Waals surface area contributed by atoms with Crippen LogP contribution in [0.1, 0.15) is 53.9 Å². The minimum absolute atomic E-state index is 0.0681. The molecular formula is C38H44N6O3S. The third kappa shape index (κ3) is 5.80. The van der Waals surface area contributed by atoms with Gasteiger partial charge in [0, 0.05) is 68.2 Å². The van der Waals surface area contributed by atoms with Gasteiger partial charge < -0.3 is 9.64 Å². The van der Waals surface area contributed by atoms with Gasteiger partial charge in [-0.25, -0.2) is 9.97 Å². The van der Waals surface area contributed by atoms with E-state index >= 15 is 0 Å². The number of fused-ring (bicyclic) bond motifs is 2. The number of hydrogen-bond donors (Lipinski definition) is 0. The van der Waals surface area contributed by atoms with Crippen molar-refractivity contribution < 1.29 is 13.2 Å². The number of hydrogen-bond acceptors (Lipinski definition) is 8. The molecule has 5 aromatic rings. The SMILES string of the molecule is COC1CCN(c2nc(-c3c(C)ccc4c3c(C)nn4S(=O)(=O)c3ccc(C)cc3)nc3c2CN(Cc2ccccc2)CC3)CC1(C)C. The van der Waals surface area contributed by atoms with Gasteiger partial charge in [0.15, 0.2) is 5.82 Å². The molecule has 0 N–H and O–H groups in total. The molecule has 2 aliphatic heterocycles. The second kappa shape index (κ2) is 12.4. The van der Waals surface area contributed by atoms with E-state index in [4.69, 9.17) is 14.7 Å². The van der Waals surface area contributed by atoms with Gasteiger partial charge >= 0.3 is 0 Å². The molecule has 48 heavy (non-hydrogen) atoms. The molecule has 1 atom stereocenters. The van der Waals surface area contributed by atoms with Crippen molar-refractivity contribution in [1.29, 1.82) is 0 Å². The van der Waals surface area contributed by atoms with Crippen LogP contribution in [0.3, 0.4) is 0 Å². The molecule has 0 spiro atoms. The Morgan fingerprint density at radius 3 is 2.40 bits per heavy atom. The third-order valence-corrected chi connectivity index (χ3v) is 11.7. The fourth-order valence-electron chi connectivity index (χ4n) is 7.50. The number of ether oxygens (including phenoxy) is 1. The zero-order valence-electron chi connectivity index (χ0n) is 28.7. The van der Waals surface area contributed by atoms with Crippen LogP contribution < -0.4 is 4.90 Å². The van der Waals surface area contributed by atoms with E-state index in [2.05, 4.69) is 59.1 Å². The number of piperidine rings is 1. The Labute approximate surface area is 283 Å². The molecule has 10 heteroatoms. The molecule has 0 saturated carbocycles. The monoisotopic (exact) mass is 664 g/mol. The predicted octanol–water partition coefficient (Wildman–Crippen LogP) is 6.47. The Bertz CT molecular complexity index is 2090. The quantitative estimate of drug-likeness (QED) is 0.196. The number of aryl methyl sites for hydroxylation is 3. The molecule has 3 aromatic carbocycles. The topological polar surface area (TPSA) is 93.4 Å². The van der Waals surface area contributed by atoms with Gasteiger partial charge in [-0.05, 0) is 56.5 Å². The number of methoxy groups -OCH3 is 1. The van der Waals surface area contributed by atoms with E-state index in [1.165, 1.54) is 15.2 Å². The van der Waals surface area contributed by atoms with E-state index in [-0.39, 0.29) is 16.4 Å². The lowest BCUT2D eigenvalue weighted by atomic mass is 9.81. The van der Waals surface area contributed by atoms with Gasteiger partial charge in [0.25, 0.3) is 10.0 Å². The first-order valence-electron chi connectivity index (χ1n) is 16.7. The first kappa shape index (κ1) is 32.4. The van der Waals surface area contributed by atoms with E-state index < -0.39 is 10.0 Å². The van der Waals surface area contributed by atoms with E-state index in [0.717, 1.165) is 79.2 Å². The van der Waals surface area contributed by atoms with Crippen molar-refractivity contribution >= 4 is 26.7 Å². The highest BCUT2D eigenvalue weighted by molar-refractivity contribution is 7.90. The minimum Gasteiger partial charge on any atom is -0.381 e. The van der Waals surface area contributed by atoms with Gasteiger partial charge in [-0.1, -0.05) is 67.9 Å². The van der Waals surface area contributed by atoms with Crippen LogP contribution in [0.5, 0.6) is 0 Å². The Kier molecular flexibility index (Phi) is 8.38.